The quantitative estimate of drug-likeness (QED) is 0.556. The van der Waals surface area contributed by atoms with Crippen LogP contribution in [-0.2, 0) is 0 Å². The summed E-state index contributed by atoms with van der Waals surface area (Å²) >= 11 is 6.34. The van der Waals surface area contributed by atoms with E-state index in [1.54, 1.807) is 12.4 Å². The highest BCUT2D eigenvalue weighted by molar-refractivity contribution is 6.28. The fourth-order valence-corrected chi connectivity index (χ4v) is 3.16. The van der Waals surface area contributed by atoms with E-state index in [0.29, 0.717) is 5.28 Å². The van der Waals surface area contributed by atoms with E-state index in [2.05, 4.69) is 34.3 Å². The number of aromatic nitrogens is 4. The molecule has 0 bridgehead atoms. The summed E-state index contributed by atoms with van der Waals surface area (Å²) in [6, 6.07) is 20.3. The van der Waals surface area contributed by atoms with E-state index >= 15 is 0 Å². The number of hydrogen-bond acceptors (Lipinski definition) is 2. The summed E-state index contributed by atoms with van der Waals surface area (Å²) in [6.45, 7) is 0. The van der Waals surface area contributed by atoms with Gasteiger partial charge in [0, 0.05) is 30.4 Å². The van der Waals surface area contributed by atoms with Crippen LogP contribution in [0.25, 0.3) is 5.69 Å². The standard InChI is InChI=1S/C19H15ClN4/c20-19-21-12-14-23(19)18(15-7-2-1-3-8-15)16-9-4-5-10-17(16)24-13-6-11-22-24/h1-14,18H. The van der Waals surface area contributed by atoms with E-state index in [0.717, 1.165) is 16.8 Å². The number of hydrogen-bond donors (Lipinski definition) is 0. The van der Waals surface area contributed by atoms with Crippen LogP contribution in [0.5, 0.6) is 0 Å². The minimum atomic E-state index is -0.0819. The van der Waals surface area contributed by atoms with Crippen LogP contribution >= 0.6 is 11.6 Å². The van der Waals surface area contributed by atoms with Crippen molar-refractivity contribution in [3.05, 3.63) is 102 Å². The van der Waals surface area contributed by atoms with Gasteiger partial charge < -0.3 is 4.57 Å². The van der Waals surface area contributed by atoms with Crippen molar-refractivity contribution >= 4 is 11.6 Å². The zero-order chi connectivity index (χ0) is 16.4. The Morgan fingerprint density at radius 1 is 0.833 bits per heavy atom. The van der Waals surface area contributed by atoms with Gasteiger partial charge in [-0.2, -0.15) is 5.10 Å². The van der Waals surface area contributed by atoms with Crippen LogP contribution in [0.2, 0.25) is 5.28 Å². The first-order chi connectivity index (χ1) is 11.8. The van der Waals surface area contributed by atoms with Crippen molar-refractivity contribution < 1.29 is 0 Å². The van der Waals surface area contributed by atoms with E-state index < -0.39 is 0 Å². The number of halogens is 1. The molecule has 2 heterocycles. The van der Waals surface area contributed by atoms with Crippen molar-refractivity contribution in [2.45, 2.75) is 6.04 Å². The molecule has 4 rings (SSSR count). The van der Waals surface area contributed by atoms with Crippen molar-refractivity contribution in [3.63, 3.8) is 0 Å². The van der Waals surface area contributed by atoms with Gasteiger partial charge in [-0.1, -0.05) is 48.5 Å². The van der Waals surface area contributed by atoms with Crippen LogP contribution in [0.4, 0.5) is 0 Å². The Hall–Kier alpha value is -2.85. The lowest BCUT2D eigenvalue weighted by molar-refractivity contribution is 0.668. The molecule has 0 saturated heterocycles. The van der Waals surface area contributed by atoms with Gasteiger partial charge in [0.15, 0.2) is 0 Å². The molecule has 0 fully saturated rings. The largest absolute Gasteiger partial charge is 0.310 e. The van der Waals surface area contributed by atoms with Crippen LogP contribution in [0.15, 0.2) is 85.5 Å². The van der Waals surface area contributed by atoms with E-state index in [1.807, 2.05) is 58.0 Å². The first-order valence-electron chi connectivity index (χ1n) is 7.67. The molecule has 0 amide bonds. The van der Waals surface area contributed by atoms with Crippen LogP contribution in [0.1, 0.15) is 17.2 Å². The zero-order valence-electron chi connectivity index (χ0n) is 12.8. The summed E-state index contributed by atoms with van der Waals surface area (Å²) in [5.41, 5.74) is 3.26. The number of para-hydroxylation sites is 1. The Bertz CT molecular complexity index is 929. The molecule has 5 heteroatoms. The summed E-state index contributed by atoms with van der Waals surface area (Å²) < 4.78 is 3.84. The number of nitrogens with zero attached hydrogens (tertiary/aromatic N) is 4. The van der Waals surface area contributed by atoms with Gasteiger partial charge in [-0.05, 0) is 29.3 Å². The van der Waals surface area contributed by atoms with E-state index in [1.165, 1.54) is 0 Å². The van der Waals surface area contributed by atoms with Gasteiger partial charge in [-0.25, -0.2) is 9.67 Å². The maximum atomic E-state index is 6.34. The Kier molecular flexibility index (Phi) is 3.89. The van der Waals surface area contributed by atoms with Crippen LogP contribution in [-0.4, -0.2) is 19.3 Å². The van der Waals surface area contributed by atoms with E-state index in [-0.39, 0.29) is 6.04 Å². The SMILES string of the molecule is Clc1nccn1C(c1ccccc1)c1ccccc1-n1cccn1. The van der Waals surface area contributed by atoms with E-state index in [9.17, 15) is 0 Å². The molecule has 0 saturated carbocycles. The maximum Gasteiger partial charge on any atom is 0.203 e. The second kappa shape index (κ2) is 6.34. The predicted molar refractivity (Wildman–Crippen MR) is 94.5 cm³/mol. The molecule has 1 atom stereocenters. The molecule has 2 aromatic heterocycles. The molecule has 0 spiro atoms. The third-order valence-corrected chi connectivity index (χ3v) is 4.29. The topological polar surface area (TPSA) is 35.6 Å². The number of imidazole rings is 1. The highest BCUT2D eigenvalue weighted by Crippen LogP contribution is 2.32. The van der Waals surface area contributed by atoms with Crippen molar-refractivity contribution in [2.24, 2.45) is 0 Å². The van der Waals surface area contributed by atoms with E-state index in [4.69, 9.17) is 11.6 Å². The number of rotatable bonds is 4. The van der Waals surface area contributed by atoms with Gasteiger partial charge in [-0.3, -0.25) is 0 Å². The molecule has 2 aromatic carbocycles. The predicted octanol–water partition coefficient (Wildman–Crippen LogP) is 4.36. The summed E-state index contributed by atoms with van der Waals surface area (Å²) in [5, 5.41) is 4.84. The van der Waals surface area contributed by atoms with Crippen LogP contribution < -0.4 is 0 Å². The molecule has 0 N–H and O–H groups in total. The van der Waals surface area contributed by atoms with Crippen LogP contribution in [0.3, 0.4) is 0 Å². The van der Waals surface area contributed by atoms with Gasteiger partial charge in [-0.15, -0.1) is 0 Å². The average Bonchev–Trinajstić information content (AvgIpc) is 3.29. The molecule has 0 aliphatic rings. The summed E-state index contributed by atoms with van der Waals surface area (Å²) in [7, 11) is 0. The third kappa shape index (κ3) is 2.61. The molecular formula is C19H15ClN4. The molecule has 4 nitrogen and oxygen atoms in total. The second-order valence-electron chi connectivity index (χ2n) is 5.43. The molecule has 4 aromatic rings. The monoisotopic (exact) mass is 334 g/mol. The molecule has 0 aliphatic heterocycles. The normalized spacial score (nSPS) is 12.2. The third-order valence-electron chi connectivity index (χ3n) is 4.00. The van der Waals surface area contributed by atoms with Crippen molar-refractivity contribution in [1.82, 2.24) is 19.3 Å². The first-order valence-corrected chi connectivity index (χ1v) is 8.04. The molecule has 1 unspecified atom stereocenters. The van der Waals surface area contributed by atoms with Crippen molar-refractivity contribution in [2.75, 3.05) is 0 Å². The Labute approximate surface area is 145 Å². The molecule has 0 aliphatic carbocycles. The summed E-state index contributed by atoms with van der Waals surface area (Å²) in [4.78, 5) is 4.19. The lowest BCUT2D eigenvalue weighted by Crippen LogP contribution is -2.14. The minimum absolute atomic E-state index is 0.0819. The van der Waals surface area contributed by atoms with Gasteiger partial charge in [0.25, 0.3) is 0 Å². The van der Waals surface area contributed by atoms with Gasteiger partial charge in [0.05, 0.1) is 11.7 Å². The molecule has 118 valence electrons. The Balaban J connectivity index is 1.95. The fourth-order valence-electron chi connectivity index (χ4n) is 2.95. The molecule has 24 heavy (non-hydrogen) atoms. The fraction of sp³-hybridized carbons (Fsp3) is 0.0526. The second-order valence-corrected chi connectivity index (χ2v) is 5.76. The molecule has 0 radical (unpaired) electrons. The highest BCUT2D eigenvalue weighted by atomic mass is 35.5. The summed E-state index contributed by atoms with van der Waals surface area (Å²) in [5.74, 6) is 0. The smallest absolute Gasteiger partial charge is 0.203 e. The number of benzene rings is 2. The maximum absolute atomic E-state index is 6.34. The van der Waals surface area contributed by atoms with Gasteiger partial charge in [0.1, 0.15) is 0 Å². The summed E-state index contributed by atoms with van der Waals surface area (Å²) in [6.07, 6.45) is 7.34. The first kappa shape index (κ1) is 14.7. The van der Waals surface area contributed by atoms with Crippen molar-refractivity contribution in [1.29, 1.82) is 0 Å². The molecular weight excluding hydrogens is 320 g/mol. The van der Waals surface area contributed by atoms with Crippen LogP contribution in [0, 0.1) is 0 Å². The Morgan fingerprint density at radius 3 is 2.33 bits per heavy atom. The van der Waals surface area contributed by atoms with Gasteiger partial charge >= 0.3 is 0 Å². The highest BCUT2D eigenvalue weighted by Gasteiger charge is 2.21. The lowest BCUT2D eigenvalue weighted by atomic mass is 9.97. The Morgan fingerprint density at radius 2 is 1.62 bits per heavy atom. The lowest BCUT2D eigenvalue weighted by Gasteiger charge is -2.23. The van der Waals surface area contributed by atoms with Gasteiger partial charge in [0.2, 0.25) is 5.28 Å². The zero-order valence-corrected chi connectivity index (χ0v) is 13.6. The minimum Gasteiger partial charge on any atom is -0.310 e. The average molecular weight is 335 g/mol. The van der Waals surface area contributed by atoms with Crippen molar-refractivity contribution in [3.8, 4) is 5.69 Å².